The summed E-state index contributed by atoms with van der Waals surface area (Å²) in [6.07, 6.45) is 0.968. The number of hydrogen-bond acceptors (Lipinski definition) is 3. The molecule has 2 N–H and O–H groups in total. The first kappa shape index (κ1) is 16.4. The van der Waals surface area contributed by atoms with Gasteiger partial charge in [-0.2, -0.15) is 0 Å². The third-order valence-electron chi connectivity index (χ3n) is 4.23. The number of carbonyl (C=O) groups excluding carboxylic acids is 1. The Labute approximate surface area is 143 Å². The zero-order valence-corrected chi connectivity index (χ0v) is 14.5. The van der Waals surface area contributed by atoms with Crippen LogP contribution in [-0.2, 0) is 11.2 Å². The fraction of sp³-hybridized carbons (Fsp3) is 0.350. The molecule has 1 heterocycles. The zero-order valence-electron chi connectivity index (χ0n) is 14.5. The van der Waals surface area contributed by atoms with Crippen molar-refractivity contribution < 1.29 is 9.53 Å². The quantitative estimate of drug-likeness (QED) is 0.874. The van der Waals surface area contributed by atoms with Gasteiger partial charge in [0.05, 0.1) is 5.69 Å². The standard InChI is InChI=1S/C20H24N2O2/c1-4-7-22-17-12-16(21)5-6-18(17)24-19(20(22)23)11-15-9-13(2)8-14(3)10-15/h5-6,8-10,12,19H,4,7,11,21H2,1-3H3. The number of carbonyl (C=O) groups is 1. The molecule has 0 bridgehead atoms. The van der Waals surface area contributed by atoms with Crippen molar-refractivity contribution in [1.82, 2.24) is 0 Å². The predicted molar refractivity (Wildman–Crippen MR) is 97.5 cm³/mol. The number of nitrogens with zero attached hydrogens (tertiary/aromatic N) is 1. The van der Waals surface area contributed by atoms with Crippen LogP contribution < -0.4 is 15.4 Å². The molecule has 1 amide bonds. The number of hydrogen-bond donors (Lipinski definition) is 1. The van der Waals surface area contributed by atoms with Gasteiger partial charge in [-0.1, -0.05) is 36.2 Å². The molecule has 3 rings (SSSR count). The Bertz CT molecular complexity index is 750. The summed E-state index contributed by atoms with van der Waals surface area (Å²) in [5.74, 6) is 0.737. The van der Waals surface area contributed by atoms with E-state index in [0.29, 0.717) is 18.7 Å². The van der Waals surface area contributed by atoms with E-state index in [1.165, 1.54) is 11.1 Å². The number of nitrogen functional groups attached to an aromatic ring is 1. The van der Waals surface area contributed by atoms with Crippen molar-refractivity contribution in [3.8, 4) is 5.75 Å². The van der Waals surface area contributed by atoms with Gasteiger partial charge in [0.2, 0.25) is 0 Å². The molecule has 126 valence electrons. The van der Waals surface area contributed by atoms with Crippen LogP contribution in [0.1, 0.15) is 30.0 Å². The zero-order chi connectivity index (χ0) is 17.3. The SMILES string of the molecule is CCCN1C(=O)C(Cc2cc(C)cc(C)c2)Oc2ccc(N)cc21. The van der Waals surface area contributed by atoms with E-state index in [9.17, 15) is 4.79 Å². The van der Waals surface area contributed by atoms with Crippen molar-refractivity contribution in [3.05, 3.63) is 53.1 Å². The van der Waals surface area contributed by atoms with Gasteiger partial charge >= 0.3 is 0 Å². The minimum Gasteiger partial charge on any atom is -0.478 e. The molecule has 0 saturated carbocycles. The minimum absolute atomic E-state index is 0.00843. The molecule has 24 heavy (non-hydrogen) atoms. The molecule has 0 aromatic heterocycles. The van der Waals surface area contributed by atoms with Gasteiger partial charge < -0.3 is 15.4 Å². The molecule has 1 aliphatic rings. The van der Waals surface area contributed by atoms with E-state index in [1.54, 1.807) is 0 Å². The lowest BCUT2D eigenvalue weighted by molar-refractivity contribution is -0.126. The Hall–Kier alpha value is -2.49. The van der Waals surface area contributed by atoms with E-state index in [4.69, 9.17) is 10.5 Å². The first-order valence-corrected chi connectivity index (χ1v) is 8.42. The summed E-state index contributed by atoms with van der Waals surface area (Å²) in [5.41, 5.74) is 10.8. The fourth-order valence-electron chi connectivity index (χ4n) is 3.33. The Morgan fingerprint density at radius 1 is 1.12 bits per heavy atom. The minimum atomic E-state index is -0.492. The van der Waals surface area contributed by atoms with Gasteiger partial charge in [-0.05, 0) is 44.0 Å². The van der Waals surface area contributed by atoms with Crippen LogP contribution in [0.25, 0.3) is 0 Å². The lowest BCUT2D eigenvalue weighted by Gasteiger charge is -2.34. The predicted octanol–water partition coefficient (Wildman–Crippen LogP) is 3.63. The van der Waals surface area contributed by atoms with Gasteiger partial charge in [0.15, 0.2) is 6.10 Å². The number of benzene rings is 2. The molecule has 1 atom stereocenters. The van der Waals surface area contributed by atoms with Crippen LogP contribution in [0.15, 0.2) is 36.4 Å². The summed E-state index contributed by atoms with van der Waals surface area (Å²) in [4.78, 5) is 14.7. The number of aryl methyl sites for hydroxylation is 2. The van der Waals surface area contributed by atoms with Gasteiger partial charge in [-0.15, -0.1) is 0 Å². The third-order valence-corrected chi connectivity index (χ3v) is 4.23. The molecule has 4 heteroatoms. The summed E-state index contributed by atoms with van der Waals surface area (Å²) in [6, 6.07) is 11.9. The van der Waals surface area contributed by atoms with E-state index in [1.807, 2.05) is 23.1 Å². The van der Waals surface area contributed by atoms with Crippen molar-refractivity contribution >= 4 is 17.3 Å². The van der Waals surface area contributed by atoms with E-state index in [0.717, 1.165) is 23.4 Å². The molecule has 1 aliphatic heterocycles. The molecule has 0 fully saturated rings. The monoisotopic (exact) mass is 324 g/mol. The summed E-state index contributed by atoms with van der Waals surface area (Å²) in [6.45, 7) is 6.87. The van der Waals surface area contributed by atoms with Gasteiger partial charge in [-0.25, -0.2) is 0 Å². The summed E-state index contributed by atoms with van der Waals surface area (Å²) in [5, 5.41) is 0. The molecular weight excluding hydrogens is 300 g/mol. The van der Waals surface area contributed by atoms with Crippen LogP contribution in [-0.4, -0.2) is 18.6 Å². The molecule has 0 saturated heterocycles. The molecule has 0 aliphatic carbocycles. The van der Waals surface area contributed by atoms with Crippen LogP contribution in [0.2, 0.25) is 0 Å². The first-order valence-electron chi connectivity index (χ1n) is 8.42. The summed E-state index contributed by atoms with van der Waals surface area (Å²) in [7, 11) is 0. The summed E-state index contributed by atoms with van der Waals surface area (Å²) < 4.78 is 6.01. The summed E-state index contributed by atoms with van der Waals surface area (Å²) >= 11 is 0. The van der Waals surface area contributed by atoms with E-state index < -0.39 is 6.10 Å². The van der Waals surface area contributed by atoms with Crippen molar-refractivity contribution in [2.75, 3.05) is 17.2 Å². The highest BCUT2D eigenvalue weighted by atomic mass is 16.5. The molecule has 2 aromatic carbocycles. The van der Waals surface area contributed by atoms with Gasteiger partial charge in [0.1, 0.15) is 5.75 Å². The average Bonchev–Trinajstić information content (AvgIpc) is 2.51. The number of rotatable bonds is 4. The van der Waals surface area contributed by atoms with Gasteiger partial charge in [-0.3, -0.25) is 4.79 Å². The number of ether oxygens (including phenoxy) is 1. The Kier molecular flexibility index (Phi) is 4.47. The van der Waals surface area contributed by atoms with Crippen molar-refractivity contribution in [1.29, 1.82) is 0 Å². The fourth-order valence-corrected chi connectivity index (χ4v) is 3.33. The lowest BCUT2D eigenvalue weighted by atomic mass is 10.0. The number of amides is 1. The lowest BCUT2D eigenvalue weighted by Crippen LogP contribution is -2.47. The third kappa shape index (κ3) is 3.23. The van der Waals surface area contributed by atoms with Gasteiger partial charge in [0.25, 0.3) is 5.91 Å². The topological polar surface area (TPSA) is 55.6 Å². The van der Waals surface area contributed by atoms with Crippen LogP contribution in [0, 0.1) is 13.8 Å². The highest BCUT2D eigenvalue weighted by Crippen LogP contribution is 2.36. The molecule has 0 radical (unpaired) electrons. The van der Waals surface area contributed by atoms with Crippen LogP contribution in [0.5, 0.6) is 5.75 Å². The van der Waals surface area contributed by atoms with Crippen molar-refractivity contribution in [3.63, 3.8) is 0 Å². The first-order chi connectivity index (χ1) is 11.5. The van der Waals surface area contributed by atoms with E-state index in [2.05, 4.69) is 39.0 Å². The smallest absolute Gasteiger partial charge is 0.268 e. The largest absolute Gasteiger partial charge is 0.478 e. The number of fused-ring (bicyclic) bond motifs is 1. The molecule has 1 unspecified atom stereocenters. The maximum absolute atomic E-state index is 12.9. The number of nitrogens with two attached hydrogens (primary N) is 1. The highest BCUT2D eigenvalue weighted by molar-refractivity contribution is 6.00. The van der Waals surface area contributed by atoms with Crippen molar-refractivity contribution in [2.24, 2.45) is 0 Å². The second-order valence-corrected chi connectivity index (χ2v) is 6.52. The second-order valence-electron chi connectivity index (χ2n) is 6.52. The molecule has 2 aromatic rings. The van der Waals surface area contributed by atoms with Crippen LogP contribution in [0.3, 0.4) is 0 Å². The normalized spacial score (nSPS) is 16.7. The Balaban J connectivity index is 1.92. The molecule has 0 spiro atoms. The Morgan fingerprint density at radius 3 is 2.50 bits per heavy atom. The molecular formula is C20H24N2O2. The van der Waals surface area contributed by atoms with E-state index >= 15 is 0 Å². The maximum Gasteiger partial charge on any atom is 0.268 e. The number of anilines is 2. The average molecular weight is 324 g/mol. The Morgan fingerprint density at radius 2 is 1.83 bits per heavy atom. The second kappa shape index (κ2) is 6.56. The maximum atomic E-state index is 12.9. The van der Waals surface area contributed by atoms with Gasteiger partial charge in [0, 0.05) is 18.7 Å². The van der Waals surface area contributed by atoms with E-state index in [-0.39, 0.29) is 5.91 Å². The highest BCUT2D eigenvalue weighted by Gasteiger charge is 2.34. The van der Waals surface area contributed by atoms with Crippen LogP contribution in [0.4, 0.5) is 11.4 Å². The van der Waals surface area contributed by atoms with Crippen LogP contribution >= 0.6 is 0 Å². The molecule has 4 nitrogen and oxygen atoms in total. The van der Waals surface area contributed by atoms with Crippen molar-refractivity contribution in [2.45, 2.75) is 39.7 Å².